The van der Waals surface area contributed by atoms with Gasteiger partial charge in [0.1, 0.15) is 5.75 Å². The van der Waals surface area contributed by atoms with Gasteiger partial charge < -0.3 is 15.4 Å². The Labute approximate surface area is 170 Å². The fraction of sp³-hybridized carbons (Fsp3) is 0.286. The number of hydrogen-bond acceptors (Lipinski definition) is 4. The van der Waals surface area contributed by atoms with Gasteiger partial charge in [0, 0.05) is 18.3 Å². The van der Waals surface area contributed by atoms with Gasteiger partial charge in [-0.25, -0.2) is 0 Å². The first-order chi connectivity index (χ1) is 13.3. The van der Waals surface area contributed by atoms with Crippen molar-refractivity contribution < 1.29 is 14.3 Å². The van der Waals surface area contributed by atoms with Crippen LogP contribution in [0.1, 0.15) is 37.6 Å². The summed E-state index contributed by atoms with van der Waals surface area (Å²) in [6.45, 7) is 6.23. The molecule has 0 aromatic heterocycles. The lowest BCUT2D eigenvalue weighted by Crippen LogP contribution is -2.34. The van der Waals surface area contributed by atoms with E-state index in [0.29, 0.717) is 35.2 Å². The van der Waals surface area contributed by atoms with E-state index in [4.69, 9.17) is 17.0 Å². The van der Waals surface area contributed by atoms with Crippen LogP contribution in [0.3, 0.4) is 0 Å². The van der Waals surface area contributed by atoms with Crippen LogP contribution in [0, 0.1) is 5.92 Å². The first-order valence-electron chi connectivity index (χ1n) is 9.07. The number of amides is 2. The Morgan fingerprint density at radius 1 is 1.00 bits per heavy atom. The van der Waals surface area contributed by atoms with Gasteiger partial charge in [-0.1, -0.05) is 26.0 Å². The predicted molar refractivity (Wildman–Crippen MR) is 116 cm³/mol. The number of para-hydroxylation sites is 1. The minimum atomic E-state index is -0.340. The van der Waals surface area contributed by atoms with Crippen molar-refractivity contribution in [2.75, 3.05) is 17.2 Å². The van der Waals surface area contributed by atoms with Gasteiger partial charge in [0.25, 0.3) is 5.91 Å². The van der Waals surface area contributed by atoms with Crippen LogP contribution in [0.5, 0.6) is 5.75 Å². The van der Waals surface area contributed by atoms with Crippen molar-refractivity contribution in [3.05, 3.63) is 54.1 Å². The quantitative estimate of drug-likeness (QED) is 0.608. The van der Waals surface area contributed by atoms with Gasteiger partial charge in [0.2, 0.25) is 5.91 Å². The largest absolute Gasteiger partial charge is 0.493 e. The molecule has 0 aliphatic heterocycles. The lowest BCUT2D eigenvalue weighted by Gasteiger charge is -2.14. The molecule has 6 nitrogen and oxygen atoms in total. The van der Waals surface area contributed by atoms with Crippen molar-refractivity contribution in [1.82, 2.24) is 5.32 Å². The molecule has 28 heavy (non-hydrogen) atoms. The minimum Gasteiger partial charge on any atom is -0.493 e. The molecule has 0 heterocycles. The molecule has 148 valence electrons. The van der Waals surface area contributed by atoms with Crippen molar-refractivity contribution in [2.45, 2.75) is 27.2 Å². The first kappa shape index (κ1) is 21.4. The van der Waals surface area contributed by atoms with Crippen LogP contribution in [-0.4, -0.2) is 23.5 Å². The topological polar surface area (TPSA) is 79.5 Å². The summed E-state index contributed by atoms with van der Waals surface area (Å²) < 4.78 is 5.75. The van der Waals surface area contributed by atoms with E-state index in [1.807, 2.05) is 6.07 Å². The number of hydrogen-bond donors (Lipinski definition) is 3. The highest BCUT2D eigenvalue weighted by Crippen LogP contribution is 2.19. The highest BCUT2D eigenvalue weighted by atomic mass is 32.1. The normalized spacial score (nSPS) is 10.3. The number of anilines is 2. The Hall–Kier alpha value is -2.93. The highest BCUT2D eigenvalue weighted by Gasteiger charge is 2.14. The third kappa shape index (κ3) is 7.00. The van der Waals surface area contributed by atoms with E-state index in [-0.39, 0.29) is 16.9 Å². The number of ether oxygens (including phenoxy) is 1. The lowest BCUT2D eigenvalue weighted by molar-refractivity contribution is -0.114. The number of benzene rings is 2. The zero-order chi connectivity index (χ0) is 20.5. The summed E-state index contributed by atoms with van der Waals surface area (Å²) in [7, 11) is 0. The van der Waals surface area contributed by atoms with Gasteiger partial charge >= 0.3 is 0 Å². The van der Waals surface area contributed by atoms with Crippen molar-refractivity contribution in [1.29, 1.82) is 0 Å². The Bertz CT molecular complexity index is 835. The summed E-state index contributed by atoms with van der Waals surface area (Å²) in [6, 6.07) is 14.1. The molecule has 0 unspecified atom stereocenters. The molecular formula is C21H25N3O3S. The molecule has 0 radical (unpaired) electrons. The molecule has 0 aliphatic carbocycles. The van der Waals surface area contributed by atoms with Crippen LogP contribution in [0.25, 0.3) is 0 Å². The molecule has 0 saturated heterocycles. The molecule has 0 bridgehead atoms. The van der Waals surface area contributed by atoms with Gasteiger partial charge in [-0.15, -0.1) is 0 Å². The van der Waals surface area contributed by atoms with Crippen LogP contribution in [0.2, 0.25) is 0 Å². The third-order valence-corrected chi connectivity index (χ3v) is 3.98. The molecule has 2 rings (SSSR count). The third-order valence-electron chi connectivity index (χ3n) is 3.77. The zero-order valence-electron chi connectivity index (χ0n) is 16.2. The first-order valence-corrected chi connectivity index (χ1v) is 9.48. The zero-order valence-corrected chi connectivity index (χ0v) is 17.1. The molecule has 0 fully saturated rings. The average molecular weight is 400 g/mol. The van der Waals surface area contributed by atoms with Gasteiger partial charge in [0.15, 0.2) is 5.11 Å². The summed E-state index contributed by atoms with van der Waals surface area (Å²) in [5, 5.41) is 8.47. The van der Waals surface area contributed by atoms with E-state index in [1.54, 1.807) is 42.5 Å². The van der Waals surface area contributed by atoms with Crippen molar-refractivity contribution >= 4 is 40.5 Å². The van der Waals surface area contributed by atoms with E-state index >= 15 is 0 Å². The van der Waals surface area contributed by atoms with E-state index < -0.39 is 0 Å². The molecule has 2 amide bonds. The molecule has 2 aromatic rings. The smallest absolute Gasteiger partial charge is 0.261 e. The molecule has 7 heteroatoms. The van der Waals surface area contributed by atoms with E-state index in [2.05, 4.69) is 29.8 Å². The fourth-order valence-corrected chi connectivity index (χ4v) is 2.57. The number of thiocarbonyl (C=S) groups is 1. The SMILES string of the molecule is CC(=O)Nc1ccc(NC(=S)NC(=O)c2ccccc2OCCC(C)C)cc1. The maximum atomic E-state index is 12.6. The van der Waals surface area contributed by atoms with E-state index in [1.165, 1.54) is 6.92 Å². The van der Waals surface area contributed by atoms with E-state index in [0.717, 1.165) is 6.42 Å². The van der Waals surface area contributed by atoms with E-state index in [9.17, 15) is 9.59 Å². The van der Waals surface area contributed by atoms with Crippen LogP contribution in [-0.2, 0) is 4.79 Å². The van der Waals surface area contributed by atoms with Crippen molar-refractivity contribution in [3.63, 3.8) is 0 Å². The van der Waals surface area contributed by atoms with Crippen molar-refractivity contribution in [3.8, 4) is 5.75 Å². The number of rotatable bonds is 7. The standard InChI is InChI=1S/C21H25N3O3S/c1-14(2)12-13-27-19-7-5-4-6-18(19)20(26)24-21(28)23-17-10-8-16(9-11-17)22-15(3)25/h4-11,14H,12-13H2,1-3H3,(H,22,25)(H2,23,24,26,28). The Kier molecular flexibility index (Phi) is 7.95. The van der Waals surface area contributed by atoms with Crippen LogP contribution in [0.15, 0.2) is 48.5 Å². The van der Waals surface area contributed by atoms with Crippen molar-refractivity contribution in [2.24, 2.45) is 5.92 Å². The molecule has 0 atom stereocenters. The minimum absolute atomic E-state index is 0.141. The monoisotopic (exact) mass is 399 g/mol. The number of nitrogens with one attached hydrogen (secondary N) is 3. The summed E-state index contributed by atoms with van der Waals surface area (Å²) in [6.07, 6.45) is 0.907. The number of carbonyl (C=O) groups is 2. The van der Waals surface area contributed by atoms with Gasteiger partial charge in [-0.2, -0.15) is 0 Å². The maximum Gasteiger partial charge on any atom is 0.261 e. The molecule has 0 spiro atoms. The average Bonchev–Trinajstić information content (AvgIpc) is 2.63. The highest BCUT2D eigenvalue weighted by molar-refractivity contribution is 7.80. The molecule has 3 N–H and O–H groups in total. The van der Waals surface area contributed by atoms with Gasteiger partial charge in [-0.05, 0) is 61.0 Å². The molecule has 0 saturated carbocycles. The maximum absolute atomic E-state index is 12.6. The second-order valence-corrected chi connectivity index (χ2v) is 7.10. The second-order valence-electron chi connectivity index (χ2n) is 6.69. The predicted octanol–water partition coefficient (Wildman–Crippen LogP) is 4.20. The Morgan fingerprint density at radius 2 is 1.61 bits per heavy atom. The van der Waals surface area contributed by atoms with Crippen LogP contribution >= 0.6 is 12.2 Å². The summed E-state index contributed by atoms with van der Waals surface area (Å²) in [4.78, 5) is 23.6. The van der Waals surface area contributed by atoms with Gasteiger partial charge in [0.05, 0.1) is 12.2 Å². The fourth-order valence-electron chi connectivity index (χ4n) is 2.36. The summed E-state index contributed by atoms with van der Waals surface area (Å²) >= 11 is 5.23. The summed E-state index contributed by atoms with van der Waals surface area (Å²) in [5.74, 6) is 0.572. The van der Waals surface area contributed by atoms with Crippen LogP contribution < -0.4 is 20.7 Å². The van der Waals surface area contributed by atoms with Crippen LogP contribution in [0.4, 0.5) is 11.4 Å². The summed E-state index contributed by atoms with van der Waals surface area (Å²) in [5.41, 5.74) is 1.80. The number of carbonyl (C=O) groups excluding carboxylic acids is 2. The second kappa shape index (κ2) is 10.4. The molecule has 2 aromatic carbocycles. The molecule has 0 aliphatic rings. The Morgan fingerprint density at radius 3 is 2.21 bits per heavy atom. The lowest BCUT2D eigenvalue weighted by atomic mass is 10.1. The van der Waals surface area contributed by atoms with Gasteiger partial charge in [-0.3, -0.25) is 14.9 Å². The Balaban J connectivity index is 1.95. The molecular weight excluding hydrogens is 374 g/mol.